The van der Waals surface area contributed by atoms with Gasteiger partial charge in [-0.15, -0.1) is 0 Å². The highest BCUT2D eigenvalue weighted by molar-refractivity contribution is 5.99. The van der Waals surface area contributed by atoms with Crippen LogP contribution < -0.4 is 10.2 Å². The second-order valence-corrected chi connectivity index (χ2v) is 5.64. The topological polar surface area (TPSA) is 77.2 Å². The van der Waals surface area contributed by atoms with Gasteiger partial charge in [-0.25, -0.2) is 14.6 Å². The number of hydrogen-bond donors (Lipinski definition) is 1. The number of anilines is 1. The minimum Gasteiger partial charge on any atom is -0.497 e. The Morgan fingerprint density at radius 3 is 2.52 bits per heavy atom. The summed E-state index contributed by atoms with van der Waals surface area (Å²) in [5, 5.41) is 8.82. The molecule has 1 N–H and O–H groups in total. The molecule has 25 heavy (non-hydrogen) atoms. The van der Waals surface area contributed by atoms with Gasteiger partial charge in [0, 0.05) is 11.8 Å². The van der Waals surface area contributed by atoms with Crippen molar-refractivity contribution >= 4 is 11.5 Å². The maximum Gasteiger partial charge on any atom is 0.159 e. The first kappa shape index (κ1) is 16.6. The quantitative estimate of drug-likeness (QED) is 0.572. The van der Waals surface area contributed by atoms with Gasteiger partial charge in [0.05, 0.1) is 18.5 Å². The van der Waals surface area contributed by atoms with Crippen LogP contribution in [0, 0.1) is 13.8 Å². The van der Waals surface area contributed by atoms with E-state index >= 15 is 0 Å². The van der Waals surface area contributed by atoms with Crippen molar-refractivity contribution in [2.75, 3.05) is 12.5 Å². The first-order chi connectivity index (χ1) is 12.1. The SMILES string of the molecule is COc1ccc(C(C)=NNc2cc(-n3nc(C)cc3C)ncn2)cc1. The van der Waals surface area contributed by atoms with Crippen LogP contribution in [-0.2, 0) is 0 Å². The third-order valence-electron chi connectivity index (χ3n) is 3.73. The molecular weight excluding hydrogens is 316 g/mol. The smallest absolute Gasteiger partial charge is 0.159 e. The maximum absolute atomic E-state index is 5.16. The van der Waals surface area contributed by atoms with Crippen molar-refractivity contribution in [1.82, 2.24) is 19.7 Å². The molecule has 0 aliphatic heterocycles. The van der Waals surface area contributed by atoms with Crippen molar-refractivity contribution in [2.45, 2.75) is 20.8 Å². The highest BCUT2D eigenvalue weighted by atomic mass is 16.5. The third-order valence-corrected chi connectivity index (χ3v) is 3.73. The summed E-state index contributed by atoms with van der Waals surface area (Å²) in [5.41, 5.74) is 6.77. The van der Waals surface area contributed by atoms with E-state index < -0.39 is 0 Å². The lowest BCUT2D eigenvalue weighted by molar-refractivity contribution is 0.415. The maximum atomic E-state index is 5.16. The van der Waals surface area contributed by atoms with Crippen molar-refractivity contribution in [2.24, 2.45) is 5.10 Å². The van der Waals surface area contributed by atoms with Gasteiger partial charge in [-0.3, -0.25) is 5.43 Å². The van der Waals surface area contributed by atoms with Gasteiger partial charge in [0.1, 0.15) is 12.1 Å². The minimum absolute atomic E-state index is 0.602. The Kier molecular flexibility index (Phi) is 4.74. The van der Waals surface area contributed by atoms with Gasteiger partial charge in [-0.05, 0) is 56.7 Å². The number of aryl methyl sites for hydroxylation is 2. The molecule has 128 valence electrons. The zero-order valence-electron chi connectivity index (χ0n) is 14.7. The molecular formula is C18H20N6O. The summed E-state index contributed by atoms with van der Waals surface area (Å²) < 4.78 is 6.94. The van der Waals surface area contributed by atoms with Crippen LogP contribution in [0.2, 0.25) is 0 Å². The fourth-order valence-corrected chi connectivity index (χ4v) is 2.42. The molecule has 0 unspecified atom stereocenters. The first-order valence-corrected chi connectivity index (χ1v) is 7.87. The van der Waals surface area contributed by atoms with E-state index in [1.807, 2.05) is 57.2 Å². The van der Waals surface area contributed by atoms with E-state index in [9.17, 15) is 0 Å². The predicted octanol–water partition coefficient (Wildman–Crippen LogP) is 3.12. The summed E-state index contributed by atoms with van der Waals surface area (Å²) in [4.78, 5) is 8.48. The van der Waals surface area contributed by atoms with Gasteiger partial charge in [-0.1, -0.05) is 0 Å². The van der Waals surface area contributed by atoms with Crippen LogP contribution in [0.4, 0.5) is 5.82 Å². The van der Waals surface area contributed by atoms with Gasteiger partial charge < -0.3 is 4.74 Å². The number of rotatable bonds is 5. The Balaban J connectivity index is 1.78. The Hall–Kier alpha value is -3.22. The number of methoxy groups -OCH3 is 1. The first-order valence-electron chi connectivity index (χ1n) is 7.87. The number of aromatic nitrogens is 4. The second kappa shape index (κ2) is 7.12. The molecule has 0 radical (unpaired) electrons. The van der Waals surface area contributed by atoms with Crippen LogP contribution >= 0.6 is 0 Å². The van der Waals surface area contributed by atoms with Crippen LogP contribution in [-0.4, -0.2) is 32.6 Å². The number of ether oxygens (including phenoxy) is 1. The molecule has 0 aliphatic rings. The molecule has 0 aliphatic carbocycles. The van der Waals surface area contributed by atoms with Crippen LogP contribution in [0.3, 0.4) is 0 Å². The number of nitrogens with one attached hydrogen (secondary N) is 1. The summed E-state index contributed by atoms with van der Waals surface area (Å²) in [5.74, 6) is 2.11. The number of hydrogen-bond acceptors (Lipinski definition) is 6. The van der Waals surface area contributed by atoms with Crippen LogP contribution in [0.5, 0.6) is 5.75 Å². The number of nitrogens with zero attached hydrogens (tertiary/aromatic N) is 5. The number of benzene rings is 1. The van der Waals surface area contributed by atoms with Crippen molar-refractivity contribution in [1.29, 1.82) is 0 Å². The molecule has 0 saturated heterocycles. The number of hydrazone groups is 1. The van der Waals surface area contributed by atoms with Gasteiger partial charge in [-0.2, -0.15) is 10.2 Å². The molecule has 7 heteroatoms. The van der Waals surface area contributed by atoms with Crippen LogP contribution in [0.1, 0.15) is 23.9 Å². The molecule has 0 amide bonds. The second-order valence-electron chi connectivity index (χ2n) is 5.64. The lowest BCUT2D eigenvalue weighted by Crippen LogP contribution is -2.05. The summed E-state index contributed by atoms with van der Waals surface area (Å²) in [7, 11) is 1.65. The third kappa shape index (κ3) is 3.82. The zero-order valence-corrected chi connectivity index (χ0v) is 14.7. The largest absolute Gasteiger partial charge is 0.497 e. The molecule has 3 rings (SSSR count). The van der Waals surface area contributed by atoms with Gasteiger partial charge in [0.25, 0.3) is 0 Å². The molecule has 2 aromatic heterocycles. The normalized spacial score (nSPS) is 11.4. The van der Waals surface area contributed by atoms with Gasteiger partial charge in [0.15, 0.2) is 11.6 Å². The van der Waals surface area contributed by atoms with Crippen molar-refractivity contribution in [3.8, 4) is 11.6 Å². The average molecular weight is 336 g/mol. The van der Waals surface area contributed by atoms with Crippen molar-refractivity contribution in [3.63, 3.8) is 0 Å². The monoisotopic (exact) mass is 336 g/mol. The van der Waals surface area contributed by atoms with E-state index in [4.69, 9.17) is 4.74 Å². The highest BCUT2D eigenvalue weighted by Crippen LogP contribution is 2.14. The van der Waals surface area contributed by atoms with E-state index in [1.54, 1.807) is 11.8 Å². The summed E-state index contributed by atoms with van der Waals surface area (Å²) in [6, 6.07) is 11.5. The van der Waals surface area contributed by atoms with E-state index in [0.29, 0.717) is 11.6 Å². The van der Waals surface area contributed by atoms with E-state index in [-0.39, 0.29) is 0 Å². The fraction of sp³-hybridized carbons (Fsp3) is 0.222. The summed E-state index contributed by atoms with van der Waals surface area (Å²) in [6.45, 7) is 5.87. The summed E-state index contributed by atoms with van der Waals surface area (Å²) >= 11 is 0. The standard InChI is InChI=1S/C18H20N6O/c1-12-9-13(2)24(23-12)18-10-17(19-11-20-18)22-21-14(3)15-5-7-16(25-4)8-6-15/h5-11H,1-4H3,(H,19,20,22). The molecule has 7 nitrogen and oxygen atoms in total. The fourth-order valence-electron chi connectivity index (χ4n) is 2.42. The van der Waals surface area contributed by atoms with E-state index in [2.05, 4.69) is 25.6 Å². The molecule has 3 aromatic rings. The molecule has 0 bridgehead atoms. The van der Waals surface area contributed by atoms with Gasteiger partial charge >= 0.3 is 0 Å². The highest BCUT2D eigenvalue weighted by Gasteiger charge is 2.06. The Bertz CT molecular complexity index is 898. The Labute approximate surface area is 146 Å². The molecule has 0 atom stereocenters. The molecule has 0 saturated carbocycles. The summed E-state index contributed by atoms with van der Waals surface area (Å²) in [6.07, 6.45) is 1.49. The molecule has 0 fully saturated rings. The Morgan fingerprint density at radius 1 is 1.12 bits per heavy atom. The Morgan fingerprint density at radius 2 is 1.88 bits per heavy atom. The zero-order chi connectivity index (χ0) is 17.8. The van der Waals surface area contributed by atoms with Crippen LogP contribution in [0.25, 0.3) is 5.82 Å². The van der Waals surface area contributed by atoms with Crippen LogP contribution in [0.15, 0.2) is 47.8 Å². The predicted molar refractivity (Wildman–Crippen MR) is 97.5 cm³/mol. The van der Waals surface area contributed by atoms with E-state index in [0.717, 1.165) is 28.4 Å². The lowest BCUT2D eigenvalue weighted by atomic mass is 10.1. The van der Waals surface area contributed by atoms with Crippen molar-refractivity contribution < 1.29 is 4.74 Å². The lowest BCUT2D eigenvalue weighted by Gasteiger charge is -2.06. The molecule has 2 heterocycles. The van der Waals surface area contributed by atoms with Crippen molar-refractivity contribution in [3.05, 3.63) is 59.7 Å². The average Bonchev–Trinajstić information content (AvgIpc) is 2.98. The molecule has 0 spiro atoms. The van der Waals surface area contributed by atoms with Gasteiger partial charge in [0.2, 0.25) is 0 Å². The minimum atomic E-state index is 0.602. The molecule has 1 aromatic carbocycles. The van der Waals surface area contributed by atoms with E-state index in [1.165, 1.54) is 6.33 Å².